The zero-order chi connectivity index (χ0) is 15.9. The second kappa shape index (κ2) is 7.78. The van der Waals surface area contributed by atoms with Crippen LogP contribution in [0.25, 0.3) is 11.1 Å². The van der Waals surface area contributed by atoms with Crippen LogP contribution in [0.2, 0.25) is 0 Å². The zero-order valence-corrected chi connectivity index (χ0v) is 13.6. The predicted molar refractivity (Wildman–Crippen MR) is 88.3 cm³/mol. The molecule has 1 aromatic heterocycles. The fourth-order valence-electron chi connectivity index (χ4n) is 2.52. The Labute approximate surface area is 132 Å². The summed E-state index contributed by atoms with van der Waals surface area (Å²) < 4.78 is 7.36. The van der Waals surface area contributed by atoms with Crippen molar-refractivity contribution in [2.75, 3.05) is 6.61 Å². The topological polar surface area (TPSA) is 44.1 Å². The zero-order valence-electron chi connectivity index (χ0n) is 13.6. The Kier molecular flexibility index (Phi) is 5.75. The molecule has 0 bridgehead atoms. The lowest BCUT2D eigenvalue weighted by Gasteiger charge is -2.07. The Balaban J connectivity index is 2.02. The number of nitrogens with zero attached hydrogens (tertiary/aromatic N) is 2. The molecule has 0 atom stereocenters. The number of Topliss-reactive ketones (excluding diaryl/α,β-unsaturated/α-hetero) is 1. The second-order valence-electron chi connectivity index (χ2n) is 5.52. The van der Waals surface area contributed by atoms with Crippen molar-refractivity contribution in [2.45, 2.75) is 39.5 Å². The van der Waals surface area contributed by atoms with Crippen molar-refractivity contribution in [1.82, 2.24) is 9.78 Å². The highest BCUT2D eigenvalue weighted by Crippen LogP contribution is 2.25. The number of unbranched alkanes of at least 4 members (excludes halogenated alkanes) is 3. The molecule has 0 aliphatic carbocycles. The van der Waals surface area contributed by atoms with Gasteiger partial charge in [0.15, 0.2) is 5.78 Å². The minimum Gasteiger partial charge on any atom is -0.494 e. The maximum Gasteiger partial charge on any atom is 0.178 e. The van der Waals surface area contributed by atoms with Gasteiger partial charge in [0, 0.05) is 19.5 Å². The average Bonchev–Trinajstić information content (AvgIpc) is 2.89. The molecular weight excluding hydrogens is 276 g/mol. The monoisotopic (exact) mass is 300 g/mol. The van der Waals surface area contributed by atoms with Gasteiger partial charge in [0.2, 0.25) is 0 Å². The Morgan fingerprint density at radius 1 is 1.18 bits per heavy atom. The molecule has 2 rings (SSSR count). The maximum absolute atomic E-state index is 11.7. The summed E-state index contributed by atoms with van der Waals surface area (Å²) in [6.07, 6.45) is 6.53. The van der Waals surface area contributed by atoms with Gasteiger partial charge in [-0.05, 0) is 24.1 Å². The Bertz CT molecular complexity index is 615. The van der Waals surface area contributed by atoms with Gasteiger partial charge in [-0.1, -0.05) is 38.3 Å². The Morgan fingerprint density at radius 3 is 2.55 bits per heavy atom. The maximum atomic E-state index is 11.7. The summed E-state index contributed by atoms with van der Waals surface area (Å²) >= 11 is 0. The van der Waals surface area contributed by atoms with Crippen molar-refractivity contribution >= 4 is 5.78 Å². The molecule has 0 spiro atoms. The van der Waals surface area contributed by atoms with Crippen LogP contribution >= 0.6 is 0 Å². The van der Waals surface area contributed by atoms with Crippen molar-refractivity contribution in [1.29, 1.82) is 0 Å². The van der Waals surface area contributed by atoms with Crippen LogP contribution in [0.15, 0.2) is 30.5 Å². The molecule has 4 nitrogen and oxygen atoms in total. The third-order valence-electron chi connectivity index (χ3n) is 3.70. The van der Waals surface area contributed by atoms with Crippen LogP contribution in [0.5, 0.6) is 5.75 Å². The molecular formula is C18H24N2O2. The Morgan fingerprint density at radius 2 is 1.91 bits per heavy atom. The molecule has 1 heterocycles. The Hall–Kier alpha value is -2.10. The first-order valence-electron chi connectivity index (χ1n) is 7.89. The first-order chi connectivity index (χ1) is 10.6. The lowest BCUT2D eigenvalue weighted by Crippen LogP contribution is -2.04. The molecule has 0 amide bonds. The van der Waals surface area contributed by atoms with E-state index in [0.717, 1.165) is 29.9 Å². The molecule has 0 aliphatic heterocycles. The summed E-state index contributed by atoms with van der Waals surface area (Å²) in [7, 11) is 1.79. The SMILES string of the molecule is CCCCCCOc1ccc(-c2cnn(C)c2C(C)=O)cc1. The highest BCUT2D eigenvalue weighted by Gasteiger charge is 2.14. The molecule has 4 heteroatoms. The third-order valence-corrected chi connectivity index (χ3v) is 3.70. The van der Waals surface area contributed by atoms with E-state index in [-0.39, 0.29) is 5.78 Å². The van der Waals surface area contributed by atoms with Gasteiger partial charge in [0.25, 0.3) is 0 Å². The molecule has 2 aromatic rings. The first kappa shape index (κ1) is 16.3. The number of benzene rings is 1. The van der Waals surface area contributed by atoms with Crippen LogP contribution in [0.4, 0.5) is 0 Å². The highest BCUT2D eigenvalue weighted by molar-refractivity contribution is 5.99. The summed E-state index contributed by atoms with van der Waals surface area (Å²) in [6, 6.07) is 7.85. The van der Waals surface area contributed by atoms with Crippen molar-refractivity contribution in [3.05, 3.63) is 36.2 Å². The third kappa shape index (κ3) is 3.97. The first-order valence-corrected chi connectivity index (χ1v) is 7.89. The van der Waals surface area contributed by atoms with E-state index in [1.807, 2.05) is 24.3 Å². The van der Waals surface area contributed by atoms with Crippen molar-refractivity contribution in [2.24, 2.45) is 7.05 Å². The molecule has 1 aromatic carbocycles. The van der Waals surface area contributed by atoms with Crippen LogP contribution < -0.4 is 4.74 Å². The fourth-order valence-corrected chi connectivity index (χ4v) is 2.52. The second-order valence-corrected chi connectivity index (χ2v) is 5.52. The van der Waals surface area contributed by atoms with Crippen molar-refractivity contribution < 1.29 is 9.53 Å². The van der Waals surface area contributed by atoms with E-state index in [2.05, 4.69) is 12.0 Å². The molecule has 118 valence electrons. The lowest BCUT2D eigenvalue weighted by atomic mass is 10.0. The number of carbonyl (C=O) groups excluding carboxylic acids is 1. The highest BCUT2D eigenvalue weighted by atomic mass is 16.5. The van der Waals surface area contributed by atoms with Crippen molar-refractivity contribution in [3.8, 4) is 16.9 Å². The molecule has 0 aliphatic rings. The summed E-state index contributed by atoms with van der Waals surface area (Å²) in [5, 5.41) is 4.18. The van der Waals surface area contributed by atoms with Gasteiger partial charge in [-0.2, -0.15) is 5.10 Å². The molecule has 0 N–H and O–H groups in total. The number of hydrogen-bond donors (Lipinski definition) is 0. The van der Waals surface area contributed by atoms with Gasteiger partial charge in [0.1, 0.15) is 11.4 Å². The standard InChI is InChI=1S/C18H24N2O2/c1-4-5-6-7-12-22-16-10-8-15(9-11-16)17-13-19-20(3)18(17)14(2)21/h8-11,13H,4-7,12H2,1-3H3. The fraction of sp³-hybridized carbons (Fsp3) is 0.444. The number of ether oxygens (including phenoxy) is 1. The van der Waals surface area contributed by atoms with E-state index in [1.54, 1.807) is 24.9 Å². The number of rotatable bonds is 8. The number of aryl methyl sites for hydroxylation is 1. The summed E-state index contributed by atoms with van der Waals surface area (Å²) in [4.78, 5) is 11.7. The number of ketones is 1. The van der Waals surface area contributed by atoms with Gasteiger partial charge in [0.05, 0.1) is 12.8 Å². The summed E-state index contributed by atoms with van der Waals surface area (Å²) in [5.41, 5.74) is 2.48. The quantitative estimate of drug-likeness (QED) is 0.541. The van der Waals surface area contributed by atoms with Crippen LogP contribution in [0.3, 0.4) is 0 Å². The van der Waals surface area contributed by atoms with E-state index < -0.39 is 0 Å². The van der Waals surface area contributed by atoms with Crippen LogP contribution in [0, 0.1) is 0 Å². The number of hydrogen-bond acceptors (Lipinski definition) is 3. The largest absolute Gasteiger partial charge is 0.494 e. The van der Waals surface area contributed by atoms with Crippen LogP contribution in [0.1, 0.15) is 50.0 Å². The molecule has 0 saturated heterocycles. The normalized spacial score (nSPS) is 10.7. The average molecular weight is 300 g/mol. The predicted octanol–water partition coefficient (Wildman–Crippen LogP) is 4.25. The summed E-state index contributed by atoms with van der Waals surface area (Å²) in [5.74, 6) is 0.889. The van der Waals surface area contributed by atoms with E-state index in [0.29, 0.717) is 5.69 Å². The molecule has 22 heavy (non-hydrogen) atoms. The van der Waals surface area contributed by atoms with Crippen LogP contribution in [-0.4, -0.2) is 22.2 Å². The number of aromatic nitrogens is 2. The molecule has 0 unspecified atom stereocenters. The van der Waals surface area contributed by atoms with Crippen LogP contribution in [-0.2, 0) is 7.05 Å². The number of carbonyl (C=O) groups is 1. The van der Waals surface area contributed by atoms with Gasteiger partial charge < -0.3 is 4.74 Å². The van der Waals surface area contributed by atoms with E-state index in [9.17, 15) is 4.79 Å². The minimum absolute atomic E-state index is 0.0197. The van der Waals surface area contributed by atoms with Gasteiger partial charge >= 0.3 is 0 Å². The lowest BCUT2D eigenvalue weighted by molar-refractivity contribution is 0.100. The van der Waals surface area contributed by atoms with E-state index in [1.165, 1.54) is 19.3 Å². The smallest absolute Gasteiger partial charge is 0.178 e. The van der Waals surface area contributed by atoms with Gasteiger partial charge in [-0.15, -0.1) is 0 Å². The van der Waals surface area contributed by atoms with Gasteiger partial charge in [-0.3, -0.25) is 9.48 Å². The summed E-state index contributed by atoms with van der Waals surface area (Å²) in [6.45, 7) is 4.52. The minimum atomic E-state index is 0.0197. The molecule has 0 radical (unpaired) electrons. The molecule has 0 saturated carbocycles. The molecule has 0 fully saturated rings. The van der Waals surface area contributed by atoms with E-state index in [4.69, 9.17) is 4.74 Å². The van der Waals surface area contributed by atoms with E-state index >= 15 is 0 Å². The van der Waals surface area contributed by atoms with Gasteiger partial charge in [-0.25, -0.2) is 0 Å². The van der Waals surface area contributed by atoms with Crippen molar-refractivity contribution in [3.63, 3.8) is 0 Å².